The van der Waals surface area contributed by atoms with Crippen molar-refractivity contribution in [2.24, 2.45) is 20.5 Å². The van der Waals surface area contributed by atoms with E-state index in [0.717, 1.165) is 12.0 Å². The number of nitrogens with zero attached hydrogens (tertiary/aromatic N) is 4. The van der Waals surface area contributed by atoms with Crippen molar-refractivity contribution in [2.75, 3.05) is 23.7 Å². The quantitative estimate of drug-likeness (QED) is 0.0112. The Morgan fingerprint density at radius 3 is 1.52 bits per heavy atom. The number of fused-ring (bicyclic) bond motifs is 2. The van der Waals surface area contributed by atoms with Crippen LogP contribution in [0.25, 0.3) is 21.5 Å². The summed E-state index contributed by atoms with van der Waals surface area (Å²) >= 11 is 0.918. The average Bonchev–Trinajstić information content (AvgIpc) is 3.36. The first-order chi connectivity index (χ1) is 33.9. The van der Waals surface area contributed by atoms with E-state index < -0.39 is 27.6 Å². The van der Waals surface area contributed by atoms with Gasteiger partial charge in [-0.05, 0) is 83.6 Å². The summed E-state index contributed by atoms with van der Waals surface area (Å²) in [5, 5.41) is 66.7. The minimum atomic E-state index is -3.79. The van der Waals surface area contributed by atoms with Gasteiger partial charge in [0.15, 0.2) is 11.5 Å². The molecule has 0 aliphatic rings. The van der Waals surface area contributed by atoms with E-state index in [1.165, 1.54) is 24.3 Å². The number of hydrogen-bond acceptors (Lipinski definition) is 16. The van der Waals surface area contributed by atoms with Crippen LogP contribution in [0.4, 0.5) is 34.1 Å². The van der Waals surface area contributed by atoms with E-state index in [9.17, 15) is 38.4 Å². The molecule has 0 aromatic heterocycles. The van der Waals surface area contributed by atoms with Gasteiger partial charge in [0.1, 0.15) is 34.2 Å². The van der Waals surface area contributed by atoms with Crippen LogP contribution in [-0.2, 0) is 36.4 Å². The second kappa shape index (κ2) is 24.7. The first kappa shape index (κ1) is 52.6. The third-order valence-electron chi connectivity index (χ3n) is 9.96. The number of hydrogen-bond donors (Lipinski definition) is 8. The summed E-state index contributed by atoms with van der Waals surface area (Å²) in [7, 11) is -3.79. The van der Waals surface area contributed by atoms with Crippen LogP contribution in [0.1, 0.15) is 34.6 Å². The second-order valence-electron chi connectivity index (χ2n) is 14.8. The van der Waals surface area contributed by atoms with Gasteiger partial charge < -0.3 is 31.1 Å². The number of hydroxylamine groups is 1. The van der Waals surface area contributed by atoms with Gasteiger partial charge in [-0.25, -0.2) is 13.1 Å². The molecule has 0 saturated heterocycles. The number of phenols is 4. The van der Waals surface area contributed by atoms with Gasteiger partial charge in [0.25, 0.3) is 11.8 Å². The number of azo groups is 2. The van der Waals surface area contributed by atoms with Crippen LogP contribution < -0.4 is 20.8 Å². The van der Waals surface area contributed by atoms with Gasteiger partial charge in [0.2, 0.25) is 10.0 Å². The fraction of sp³-hybridized carbons (Fsp3) is 0.0800. The molecule has 0 heterocycles. The van der Waals surface area contributed by atoms with E-state index in [1.807, 2.05) is 31.2 Å². The van der Waals surface area contributed by atoms with E-state index >= 15 is 0 Å². The molecule has 0 fully saturated rings. The Balaban J connectivity index is 0.000000229. The van der Waals surface area contributed by atoms with E-state index in [1.54, 1.807) is 116 Å². The van der Waals surface area contributed by atoms with Crippen molar-refractivity contribution in [3.05, 3.63) is 169 Å². The van der Waals surface area contributed by atoms with Crippen molar-refractivity contribution in [3.8, 4) is 23.0 Å². The van der Waals surface area contributed by atoms with Crippen molar-refractivity contribution in [1.29, 1.82) is 0 Å². The molecule has 0 bridgehead atoms. The smallest absolute Gasteiger partial charge is 0.259 e. The number of benzene rings is 8. The van der Waals surface area contributed by atoms with E-state index in [0.29, 0.717) is 44.4 Å². The number of carbonyl (C=O) groups is 2. The molecule has 0 radical (unpaired) electrons. The number of phenolic OH excluding ortho intramolecular Hbond substituents is 4. The summed E-state index contributed by atoms with van der Waals surface area (Å²) < 4.78 is 32.0. The molecule has 71 heavy (non-hydrogen) atoms. The maximum absolute atomic E-state index is 12.9. The minimum Gasteiger partial charge on any atom is -0.506 e. The maximum atomic E-state index is 12.9. The maximum Gasteiger partial charge on any atom is 0.259 e. The van der Waals surface area contributed by atoms with E-state index in [2.05, 4.69) is 41.3 Å². The predicted molar refractivity (Wildman–Crippen MR) is 267 cm³/mol. The number of nitrogens with one attached hydrogen (secondary N) is 4. The number of aromatic hydroxyl groups is 4. The number of sulfonamides is 1. The fourth-order valence-electron chi connectivity index (χ4n) is 6.63. The van der Waals surface area contributed by atoms with Crippen molar-refractivity contribution in [1.82, 2.24) is 10.2 Å². The third kappa shape index (κ3) is 13.3. The zero-order chi connectivity index (χ0) is 49.6. The van der Waals surface area contributed by atoms with E-state index in [4.69, 9.17) is 9.32 Å². The van der Waals surface area contributed by atoms with Crippen LogP contribution in [0, 0.1) is 0 Å². The minimum absolute atomic E-state index is 0. The van der Waals surface area contributed by atoms with Gasteiger partial charge in [0, 0.05) is 57.2 Å². The Morgan fingerprint density at radius 2 is 1.03 bits per heavy atom. The molecular formula is C50H44FeN8O10S2. The third-order valence-corrected chi connectivity index (χ3v) is 12.1. The zero-order valence-electron chi connectivity index (χ0n) is 37.6. The molecule has 8 rings (SSSR count). The summed E-state index contributed by atoms with van der Waals surface area (Å²) in [4.78, 5) is 31.1. The SMILES string of the molecule is CCNOOSc1ccc(O)c(N=Nc2c(O)c(C(=O)Nc3ccccc3)cc3ccccc23)c1.CCNS(=O)(=O)c1ccc(O)c(N=Nc2c(O)c(C(=O)Nc3ccccc3)cc3ccccc23)c1.[Fe]. The van der Waals surface area contributed by atoms with Crippen LogP contribution in [0.5, 0.6) is 23.0 Å². The fourth-order valence-corrected chi connectivity index (χ4v) is 8.13. The zero-order valence-corrected chi connectivity index (χ0v) is 40.4. The van der Waals surface area contributed by atoms with Crippen LogP contribution >= 0.6 is 12.0 Å². The molecule has 8 aromatic rings. The normalized spacial score (nSPS) is 11.3. The monoisotopic (exact) mass is 1040 g/mol. The molecule has 18 nitrogen and oxygen atoms in total. The Hall–Kier alpha value is -7.72. The molecule has 8 aromatic carbocycles. The van der Waals surface area contributed by atoms with Crippen LogP contribution in [0.15, 0.2) is 188 Å². The van der Waals surface area contributed by atoms with Crippen LogP contribution in [0.2, 0.25) is 0 Å². The van der Waals surface area contributed by atoms with Gasteiger partial charge in [-0.1, -0.05) is 98.8 Å². The first-order valence-corrected chi connectivity index (χ1v) is 23.5. The molecule has 0 aliphatic heterocycles. The number of anilines is 2. The summed E-state index contributed by atoms with van der Waals surface area (Å²) in [5.41, 5.74) is 3.85. The Kier molecular flexibility index (Phi) is 18.3. The second-order valence-corrected chi connectivity index (χ2v) is 17.3. The number of para-hydroxylation sites is 2. The Morgan fingerprint density at radius 1 is 0.563 bits per heavy atom. The largest absolute Gasteiger partial charge is 0.506 e. The molecule has 0 saturated carbocycles. The summed E-state index contributed by atoms with van der Waals surface area (Å²) in [6.45, 7) is 4.26. The van der Waals surface area contributed by atoms with Crippen molar-refractivity contribution >= 4 is 89.5 Å². The molecule has 0 unspecified atom stereocenters. The molecule has 0 aliphatic carbocycles. The van der Waals surface area contributed by atoms with Crippen molar-refractivity contribution < 1.29 is 64.8 Å². The molecule has 0 spiro atoms. The topological polar surface area (TPSA) is 265 Å². The van der Waals surface area contributed by atoms with Gasteiger partial charge in [-0.2, -0.15) is 5.48 Å². The standard InChI is InChI=1S/2C25H22N4O5S.Fe/c1-2-26-35(33,34)18-12-13-22(30)21(15-18)28-29-23-19-11-7-6-8-16(19)14-20(24(23)31)25(32)27-17-9-4-3-5-10-17;1-2-26-33-34-35-18-12-13-22(30)21(15-18)28-29-23-19-11-7-6-8-16(19)14-20(24(23)31)25(32)27-17-9-4-3-5-10-17;/h2*3-15,26,30-31H,2H2,1H3,(H,27,32);. The Bertz CT molecular complexity index is 3350. The van der Waals surface area contributed by atoms with Crippen molar-refractivity contribution in [3.63, 3.8) is 0 Å². The average molecular weight is 1040 g/mol. The van der Waals surface area contributed by atoms with Gasteiger partial charge >= 0.3 is 0 Å². The first-order valence-electron chi connectivity index (χ1n) is 21.3. The molecule has 364 valence electrons. The van der Waals surface area contributed by atoms with Crippen LogP contribution in [0.3, 0.4) is 0 Å². The van der Waals surface area contributed by atoms with Crippen molar-refractivity contribution in [2.45, 2.75) is 23.6 Å². The molecule has 2 amide bonds. The summed E-state index contributed by atoms with van der Waals surface area (Å²) in [5.74, 6) is -2.18. The predicted octanol–water partition coefficient (Wildman–Crippen LogP) is 11.6. The molecule has 0 atom stereocenters. The number of rotatable bonds is 16. The van der Waals surface area contributed by atoms with Crippen LogP contribution in [-0.4, -0.2) is 53.7 Å². The van der Waals surface area contributed by atoms with Gasteiger partial charge in [-0.15, -0.1) is 29.8 Å². The molecular weight excluding hydrogens is 993 g/mol. The summed E-state index contributed by atoms with van der Waals surface area (Å²) in [6.07, 6.45) is 0. The number of carbonyl (C=O) groups excluding carboxylic acids is 2. The summed E-state index contributed by atoms with van der Waals surface area (Å²) in [6, 6.07) is 43.2. The van der Waals surface area contributed by atoms with Gasteiger partial charge in [0.05, 0.1) is 28.1 Å². The molecule has 8 N–H and O–H groups in total. The number of amides is 2. The Labute approximate surface area is 422 Å². The van der Waals surface area contributed by atoms with E-state index in [-0.39, 0.29) is 79.6 Å². The van der Waals surface area contributed by atoms with Gasteiger partial charge in [-0.3, -0.25) is 9.59 Å². The molecule has 21 heteroatoms.